The van der Waals surface area contributed by atoms with Crippen LogP contribution in [0.2, 0.25) is 0 Å². The fraction of sp³-hybridized carbons (Fsp3) is 0.875. The third-order valence-corrected chi connectivity index (χ3v) is 3.79. The number of hydrogen-bond acceptors (Lipinski definition) is 5. The molecule has 0 aliphatic carbocycles. The summed E-state index contributed by atoms with van der Waals surface area (Å²) in [6.07, 6.45) is 3.11. The lowest BCUT2D eigenvalue weighted by molar-refractivity contribution is -0.143. The average Bonchev–Trinajstić information content (AvgIpc) is 2.52. The van der Waals surface area contributed by atoms with Crippen LogP contribution in [-0.2, 0) is 14.3 Å². The van der Waals surface area contributed by atoms with Gasteiger partial charge in [0.1, 0.15) is 6.04 Å². The van der Waals surface area contributed by atoms with Crippen LogP contribution in [0.3, 0.4) is 0 Å². The number of piperidine rings is 1. The first-order valence-corrected chi connectivity index (χ1v) is 8.23. The van der Waals surface area contributed by atoms with Gasteiger partial charge in [0.2, 0.25) is 0 Å². The minimum Gasteiger partial charge on any atom is -0.468 e. The Bertz CT molecular complexity index is 352. The van der Waals surface area contributed by atoms with Gasteiger partial charge in [0.05, 0.1) is 13.7 Å². The molecule has 1 fully saturated rings. The summed E-state index contributed by atoms with van der Waals surface area (Å²) >= 11 is 0. The van der Waals surface area contributed by atoms with Gasteiger partial charge in [-0.3, -0.25) is 4.79 Å². The summed E-state index contributed by atoms with van der Waals surface area (Å²) in [5.74, 6) is 0.138. The number of amides is 1. The molecule has 1 aliphatic rings. The Kier molecular flexibility index (Phi) is 8.24. The number of hydrogen-bond donors (Lipinski definition) is 1. The second kappa shape index (κ2) is 9.66. The maximum absolute atomic E-state index is 11.9. The smallest absolute Gasteiger partial charge is 0.409 e. The van der Waals surface area contributed by atoms with Gasteiger partial charge in [-0.2, -0.15) is 0 Å². The van der Waals surface area contributed by atoms with Gasteiger partial charge in [-0.05, 0) is 25.2 Å². The summed E-state index contributed by atoms with van der Waals surface area (Å²) in [4.78, 5) is 25.4. The molecule has 0 saturated carbocycles. The lowest BCUT2D eigenvalue weighted by Gasteiger charge is -2.33. The van der Waals surface area contributed by atoms with E-state index in [1.165, 1.54) is 7.11 Å². The van der Waals surface area contributed by atoms with Gasteiger partial charge in [-0.25, -0.2) is 4.79 Å². The monoisotopic (exact) mass is 314 g/mol. The van der Waals surface area contributed by atoms with Crippen LogP contribution in [0.4, 0.5) is 4.79 Å². The van der Waals surface area contributed by atoms with Crippen LogP contribution in [0.15, 0.2) is 0 Å². The van der Waals surface area contributed by atoms with E-state index in [4.69, 9.17) is 9.47 Å². The number of nitrogens with one attached hydrogen (secondary N) is 1. The lowest BCUT2D eigenvalue weighted by atomic mass is 10.0. The Morgan fingerprint density at radius 2 is 1.91 bits per heavy atom. The van der Waals surface area contributed by atoms with Crippen LogP contribution < -0.4 is 5.32 Å². The quantitative estimate of drug-likeness (QED) is 0.730. The highest BCUT2D eigenvalue weighted by molar-refractivity contribution is 5.75. The zero-order chi connectivity index (χ0) is 16.5. The summed E-state index contributed by atoms with van der Waals surface area (Å²) < 4.78 is 10.1. The average molecular weight is 314 g/mol. The van der Waals surface area contributed by atoms with Crippen molar-refractivity contribution in [3.63, 3.8) is 0 Å². The molecule has 1 amide bonds. The fourth-order valence-electron chi connectivity index (χ4n) is 2.54. The Labute approximate surface area is 133 Å². The van der Waals surface area contributed by atoms with E-state index in [0.717, 1.165) is 25.7 Å². The lowest BCUT2D eigenvalue weighted by Crippen LogP contribution is -2.50. The van der Waals surface area contributed by atoms with Crippen molar-refractivity contribution in [2.75, 3.05) is 26.8 Å². The number of likely N-dealkylation sites (tertiary alicyclic amines) is 1. The largest absolute Gasteiger partial charge is 0.468 e. The number of esters is 1. The SMILES string of the molecule is CCCC(NC1CCN(C(=O)OCC(C)C)CC1)C(=O)OC. The summed E-state index contributed by atoms with van der Waals surface area (Å²) in [6.45, 7) is 7.86. The fourth-order valence-corrected chi connectivity index (χ4v) is 2.54. The number of ether oxygens (including phenoxy) is 2. The molecule has 22 heavy (non-hydrogen) atoms. The van der Waals surface area contributed by atoms with Crippen molar-refractivity contribution >= 4 is 12.1 Å². The highest BCUT2D eigenvalue weighted by Gasteiger charge is 2.27. The Morgan fingerprint density at radius 1 is 1.27 bits per heavy atom. The Morgan fingerprint density at radius 3 is 2.41 bits per heavy atom. The van der Waals surface area contributed by atoms with E-state index in [1.807, 2.05) is 20.8 Å². The summed E-state index contributed by atoms with van der Waals surface area (Å²) in [6, 6.07) is -0.00996. The molecule has 128 valence electrons. The molecule has 0 aromatic carbocycles. The third kappa shape index (κ3) is 6.22. The molecule has 1 aliphatic heterocycles. The van der Waals surface area contributed by atoms with Gasteiger partial charge < -0.3 is 19.7 Å². The highest BCUT2D eigenvalue weighted by Crippen LogP contribution is 2.14. The first-order chi connectivity index (χ1) is 10.5. The van der Waals surface area contributed by atoms with Crippen LogP contribution in [-0.4, -0.2) is 55.9 Å². The maximum Gasteiger partial charge on any atom is 0.409 e. The minimum absolute atomic E-state index is 0.208. The minimum atomic E-state index is -0.251. The number of rotatable bonds is 7. The molecule has 1 rings (SSSR count). The van der Waals surface area contributed by atoms with Crippen LogP contribution >= 0.6 is 0 Å². The molecule has 1 N–H and O–H groups in total. The highest BCUT2D eigenvalue weighted by atomic mass is 16.6. The van der Waals surface area contributed by atoms with Crippen LogP contribution in [0.1, 0.15) is 46.5 Å². The molecular formula is C16H30N2O4. The molecule has 0 aromatic rings. The molecule has 0 spiro atoms. The van der Waals surface area contributed by atoms with Gasteiger partial charge >= 0.3 is 12.1 Å². The van der Waals surface area contributed by atoms with E-state index in [1.54, 1.807) is 4.90 Å². The van der Waals surface area contributed by atoms with Gasteiger partial charge in [0.15, 0.2) is 0 Å². The second-order valence-corrected chi connectivity index (χ2v) is 6.26. The second-order valence-electron chi connectivity index (χ2n) is 6.26. The van der Waals surface area contributed by atoms with Crippen molar-refractivity contribution in [1.29, 1.82) is 0 Å². The van der Waals surface area contributed by atoms with Crippen molar-refractivity contribution in [3.8, 4) is 0 Å². The van der Waals surface area contributed by atoms with E-state index in [0.29, 0.717) is 25.6 Å². The van der Waals surface area contributed by atoms with E-state index >= 15 is 0 Å². The van der Waals surface area contributed by atoms with Gasteiger partial charge in [0, 0.05) is 19.1 Å². The molecule has 1 unspecified atom stereocenters. The first-order valence-electron chi connectivity index (χ1n) is 8.23. The molecule has 1 saturated heterocycles. The van der Waals surface area contributed by atoms with Gasteiger partial charge in [0.25, 0.3) is 0 Å². The van der Waals surface area contributed by atoms with E-state index < -0.39 is 0 Å². The summed E-state index contributed by atoms with van der Waals surface area (Å²) in [5.41, 5.74) is 0. The molecule has 6 nitrogen and oxygen atoms in total. The van der Waals surface area contributed by atoms with Crippen molar-refractivity contribution in [3.05, 3.63) is 0 Å². The zero-order valence-electron chi connectivity index (χ0n) is 14.3. The number of carbonyl (C=O) groups excluding carboxylic acids is 2. The van der Waals surface area contributed by atoms with E-state index in [-0.39, 0.29) is 24.1 Å². The molecule has 0 radical (unpaired) electrons. The van der Waals surface area contributed by atoms with Crippen LogP contribution in [0.5, 0.6) is 0 Å². The summed E-state index contributed by atoms with van der Waals surface area (Å²) in [7, 11) is 1.42. The third-order valence-electron chi connectivity index (χ3n) is 3.79. The maximum atomic E-state index is 11.9. The topological polar surface area (TPSA) is 67.9 Å². The normalized spacial score (nSPS) is 17.4. The molecular weight excluding hydrogens is 284 g/mol. The number of carbonyl (C=O) groups is 2. The number of nitrogens with zero attached hydrogens (tertiary/aromatic N) is 1. The predicted octanol–water partition coefficient (Wildman–Crippen LogP) is 2.17. The summed E-state index contributed by atoms with van der Waals surface area (Å²) in [5, 5.41) is 3.36. The predicted molar refractivity (Wildman–Crippen MR) is 84.6 cm³/mol. The van der Waals surface area contributed by atoms with Crippen molar-refractivity contribution in [2.45, 2.75) is 58.5 Å². The van der Waals surface area contributed by atoms with Gasteiger partial charge in [-0.1, -0.05) is 27.2 Å². The zero-order valence-corrected chi connectivity index (χ0v) is 14.3. The van der Waals surface area contributed by atoms with E-state index in [2.05, 4.69) is 5.32 Å². The van der Waals surface area contributed by atoms with Crippen molar-refractivity contribution in [2.24, 2.45) is 5.92 Å². The molecule has 1 atom stereocenters. The standard InChI is InChI=1S/C16H30N2O4/c1-5-6-14(15(19)21-4)17-13-7-9-18(10-8-13)16(20)22-11-12(2)3/h12-14,17H,5-11H2,1-4H3. The molecule has 0 aromatic heterocycles. The van der Waals surface area contributed by atoms with Crippen LogP contribution in [0.25, 0.3) is 0 Å². The Hall–Kier alpha value is -1.30. The first kappa shape index (κ1) is 18.7. The van der Waals surface area contributed by atoms with Crippen molar-refractivity contribution in [1.82, 2.24) is 10.2 Å². The molecule has 6 heteroatoms. The van der Waals surface area contributed by atoms with Crippen molar-refractivity contribution < 1.29 is 19.1 Å². The van der Waals surface area contributed by atoms with Crippen LogP contribution in [0, 0.1) is 5.92 Å². The Balaban J connectivity index is 2.37. The molecule has 1 heterocycles. The van der Waals surface area contributed by atoms with E-state index in [9.17, 15) is 9.59 Å². The number of methoxy groups -OCH3 is 1. The van der Waals surface area contributed by atoms with Gasteiger partial charge in [-0.15, -0.1) is 0 Å². The molecule has 0 bridgehead atoms.